The molecule has 0 bridgehead atoms. The van der Waals surface area contributed by atoms with Crippen molar-refractivity contribution in [2.45, 2.75) is 19.4 Å². The second-order valence-electron chi connectivity index (χ2n) is 5.77. The van der Waals surface area contributed by atoms with Crippen LogP contribution >= 0.6 is 0 Å². The van der Waals surface area contributed by atoms with Gasteiger partial charge in [-0.15, -0.1) is 0 Å². The molecule has 0 aliphatic carbocycles. The first kappa shape index (κ1) is 13.9. The number of carbonyl (C=O) groups excluding carboxylic acids is 1. The molecular weight excluding hydrogens is 266 g/mol. The number of aliphatic hydroxyl groups is 1. The average Bonchev–Trinajstić information content (AvgIpc) is 2.50. The molecule has 2 aromatic rings. The van der Waals surface area contributed by atoms with Crippen molar-refractivity contribution in [3.05, 3.63) is 42.0 Å². The summed E-state index contributed by atoms with van der Waals surface area (Å²) >= 11 is 0. The number of hydrogen-bond acceptors (Lipinski definition) is 3. The number of likely N-dealkylation sites (tertiary alicyclic amines) is 1. The van der Waals surface area contributed by atoms with Crippen LogP contribution in [0, 0.1) is 5.92 Å². The number of phenols is 1. The van der Waals surface area contributed by atoms with Crippen LogP contribution in [-0.2, 0) is 0 Å². The molecule has 1 saturated heterocycles. The first-order chi connectivity index (χ1) is 10.1. The van der Waals surface area contributed by atoms with Crippen molar-refractivity contribution in [3.8, 4) is 5.75 Å². The van der Waals surface area contributed by atoms with Gasteiger partial charge in [0.05, 0.1) is 11.7 Å². The molecule has 21 heavy (non-hydrogen) atoms. The number of amides is 1. The molecule has 1 heterocycles. The summed E-state index contributed by atoms with van der Waals surface area (Å²) in [5, 5.41) is 21.9. The Bertz CT molecular complexity index is 683. The lowest BCUT2D eigenvalue weighted by Gasteiger charge is -2.34. The second kappa shape index (κ2) is 5.37. The lowest BCUT2D eigenvalue weighted by molar-refractivity contribution is 0.0247. The fourth-order valence-electron chi connectivity index (χ4n) is 2.83. The predicted molar refractivity (Wildman–Crippen MR) is 81.3 cm³/mol. The highest BCUT2D eigenvalue weighted by molar-refractivity contribution is 6.03. The lowest BCUT2D eigenvalue weighted by atomic mass is 9.95. The minimum atomic E-state index is -0.495. The lowest BCUT2D eigenvalue weighted by Crippen LogP contribution is -2.45. The van der Waals surface area contributed by atoms with Gasteiger partial charge < -0.3 is 15.1 Å². The summed E-state index contributed by atoms with van der Waals surface area (Å²) in [6.45, 7) is 2.93. The van der Waals surface area contributed by atoms with Gasteiger partial charge in [-0.3, -0.25) is 4.79 Å². The van der Waals surface area contributed by atoms with E-state index in [-0.39, 0.29) is 17.6 Å². The van der Waals surface area contributed by atoms with E-state index in [2.05, 4.69) is 0 Å². The number of phenolic OH excluding ortho intramolecular Hbond substituents is 1. The molecule has 1 amide bonds. The molecule has 0 spiro atoms. The van der Waals surface area contributed by atoms with Crippen molar-refractivity contribution in [3.63, 3.8) is 0 Å². The fourth-order valence-corrected chi connectivity index (χ4v) is 2.83. The van der Waals surface area contributed by atoms with Crippen molar-refractivity contribution in [1.82, 2.24) is 4.90 Å². The number of hydrogen-bond donors (Lipinski definition) is 2. The van der Waals surface area contributed by atoms with Gasteiger partial charge in [0.15, 0.2) is 0 Å². The Morgan fingerprint density at radius 1 is 1.24 bits per heavy atom. The summed E-state index contributed by atoms with van der Waals surface area (Å²) < 4.78 is 0. The highest BCUT2D eigenvalue weighted by Gasteiger charge is 2.29. The maximum atomic E-state index is 12.6. The second-order valence-corrected chi connectivity index (χ2v) is 5.77. The third-order valence-corrected chi connectivity index (χ3v) is 4.34. The van der Waals surface area contributed by atoms with E-state index in [1.807, 2.05) is 31.2 Å². The summed E-state index contributed by atoms with van der Waals surface area (Å²) in [5.74, 6) is 0.00895. The van der Waals surface area contributed by atoms with Crippen LogP contribution in [0.2, 0.25) is 0 Å². The first-order valence-electron chi connectivity index (χ1n) is 7.26. The third-order valence-electron chi connectivity index (χ3n) is 4.34. The average molecular weight is 285 g/mol. The first-order valence-corrected chi connectivity index (χ1v) is 7.26. The van der Waals surface area contributed by atoms with Crippen LogP contribution in [0.3, 0.4) is 0 Å². The molecule has 2 N–H and O–H groups in total. The van der Waals surface area contributed by atoms with Gasteiger partial charge in [0.1, 0.15) is 5.75 Å². The highest BCUT2D eigenvalue weighted by Crippen LogP contribution is 2.30. The molecule has 2 atom stereocenters. The molecular formula is C17H19NO3. The van der Waals surface area contributed by atoms with Crippen LogP contribution in [0.4, 0.5) is 0 Å². The molecule has 4 nitrogen and oxygen atoms in total. The van der Waals surface area contributed by atoms with E-state index < -0.39 is 6.10 Å². The maximum absolute atomic E-state index is 12.6. The summed E-state index contributed by atoms with van der Waals surface area (Å²) in [4.78, 5) is 14.2. The van der Waals surface area contributed by atoms with Gasteiger partial charge >= 0.3 is 0 Å². The minimum absolute atomic E-state index is 0.0196. The van der Waals surface area contributed by atoms with Gasteiger partial charge in [0.2, 0.25) is 0 Å². The maximum Gasteiger partial charge on any atom is 0.257 e. The summed E-state index contributed by atoms with van der Waals surface area (Å²) in [7, 11) is 0. The SMILES string of the molecule is CC1CCN(C(=O)c2ccc3ccccc3c2O)CC1O. The van der Waals surface area contributed by atoms with Gasteiger partial charge in [-0.05, 0) is 23.8 Å². The molecule has 1 aliphatic heterocycles. The van der Waals surface area contributed by atoms with Gasteiger partial charge in [0, 0.05) is 18.5 Å². The number of carbonyl (C=O) groups is 1. The van der Waals surface area contributed by atoms with E-state index in [1.54, 1.807) is 17.0 Å². The number of nitrogens with zero attached hydrogens (tertiary/aromatic N) is 1. The molecule has 110 valence electrons. The Morgan fingerprint density at radius 3 is 2.76 bits per heavy atom. The van der Waals surface area contributed by atoms with Crippen LogP contribution in [0.1, 0.15) is 23.7 Å². The van der Waals surface area contributed by atoms with Crippen molar-refractivity contribution in [2.75, 3.05) is 13.1 Å². The zero-order chi connectivity index (χ0) is 15.0. The quantitative estimate of drug-likeness (QED) is 0.845. The van der Waals surface area contributed by atoms with Gasteiger partial charge in [-0.25, -0.2) is 0 Å². The van der Waals surface area contributed by atoms with Crippen LogP contribution < -0.4 is 0 Å². The summed E-state index contributed by atoms with van der Waals surface area (Å²) in [5.41, 5.74) is 0.301. The predicted octanol–water partition coefficient (Wildman–Crippen LogP) is 2.39. The Kier molecular flexibility index (Phi) is 3.55. The van der Waals surface area contributed by atoms with Crippen LogP contribution in [0.15, 0.2) is 36.4 Å². The Balaban J connectivity index is 1.93. The van der Waals surface area contributed by atoms with E-state index >= 15 is 0 Å². The molecule has 0 aromatic heterocycles. The minimum Gasteiger partial charge on any atom is -0.506 e. The Hall–Kier alpha value is -2.07. The van der Waals surface area contributed by atoms with Crippen LogP contribution in [0.5, 0.6) is 5.75 Å². The summed E-state index contributed by atoms with van der Waals surface area (Å²) in [6.07, 6.45) is 0.284. The number of fused-ring (bicyclic) bond motifs is 1. The molecule has 0 saturated carbocycles. The van der Waals surface area contributed by atoms with Crippen molar-refractivity contribution >= 4 is 16.7 Å². The van der Waals surface area contributed by atoms with Gasteiger partial charge in [0.25, 0.3) is 5.91 Å². The molecule has 1 fully saturated rings. The highest BCUT2D eigenvalue weighted by atomic mass is 16.3. The van der Waals surface area contributed by atoms with Crippen molar-refractivity contribution in [2.24, 2.45) is 5.92 Å². The standard InChI is InChI=1S/C17H19NO3/c1-11-8-9-18(10-15(11)19)17(21)14-7-6-12-4-2-3-5-13(12)16(14)20/h2-7,11,15,19-20H,8-10H2,1H3. The monoisotopic (exact) mass is 285 g/mol. The van der Waals surface area contributed by atoms with Crippen molar-refractivity contribution in [1.29, 1.82) is 0 Å². The van der Waals surface area contributed by atoms with E-state index in [0.29, 0.717) is 24.0 Å². The smallest absolute Gasteiger partial charge is 0.257 e. The number of benzene rings is 2. The van der Waals surface area contributed by atoms with E-state index in [4.69, 9.17) is 0 Å². The number of β-amino-alcohol motifs (C(OH)–C–C–N with tert-alkyl or cyclic N) is 1. The largest absolute Gasteiger partial charge is 0.506 e. The number of aromatic hydroxyl groups is 1. The van der Waals surface area contributed by atoms with Gasteiger partial charge in [-0.2, -0.15) is 0 Å². The molecule has 3 rings (SSSR count). The number of rotatable bonds is 1. The molecule has 2 unspecified atom stereocenters. The van der Waals surface area contributed by atoms with Crippen LogP contribution in [0.25, 0.3) is 10.8 Å². The van der Waals surface area contributed by atoms with Gasteiger partial charge in [-0.1, -0.05) is 37.3 Å². The Morgan fingerprint density at radius 2 is 2.00 bits per heavy atom. The Labute approximate surface area is 123 Å². The van der Waals surface area contributed by atoms with Crippen molar-refractivity contribution < 1.29 is 15.0 Å². The van der Waals surface area contributed by atoms with Crippen LogP contribution in [-0.4, -0.2) is 40.2 Å². The fraction of sp³-hybridized carbons (Fsp3) is 0.353. The normalized spacial score (nSPS) is 22.5. The number of aliphatic hydroxyl groups excluding tert-OH is 1. The third kappa shape index (κ3) is 2.47. The molecule has 2 aromatic carbocycles. The number of piperidine rings is 1. The van der Waals surface area contributed by atoms with E-state index in [1.165, 1.54) is 0 Å². The topological polar surface area (TPSA) is 60.8 Å². The molecule has 1 aliphatic rings. The zero-order valence-corrected chi connectivity index (χ0v) is 12.0. The van der Waals surface area contributed by atoms with E-state index in [9.17, 15) is 15.0 Å². The zero-order valence-electron chi connectivity index (χ0n) is 12.0. The molecule has 0 radical (unpaired) electrons. The molecule has 4 heteroatoms. The summed E-state index contributed by atoms with van der Waals surface area (Å²) in [6, 6.07) is 10.9. The van der Waals surface area contributed by atoms with E-state index in [0.717, 1.165) is 11.8 Å².